The lowest BCUT2D eigenvalue weighted by atomic mass is 10.1. The summed E-state index contributed by atoms with van der Waals surface area (Å²) in [6.45, 7) is 0. The summed E-state index contributed by atoms with van der Waals surface area (Å²) in [4.78, 5) is 14.0. The van der Waals surface area contributed by atoms with Gasteiger partial charge in [0.1, 0.15) is 11.8 Å². The van der Waals surface area contributed by atoms with Gasteiger partial charge in [0.05, 0.1) is 23.9 Å². The van der Waals surface area contributed by atoms with Crippen LogP contribution in [0.3, 0.4) is 0 Å². The average Bonchev–Trinajstić information content (AvgIpc) is 2.53. The molecule has 0 heterocycles. The third-order valence-electron chi connectivity index (χ3n) is 3.15. The van der Waals surface area contributed by atoms with E-state index in [0.29, 0.717) is 28.3 Å². The van der Waals surface area contributed by atoms with E-state index in [1.165, 1.54) is 12.0 Å². The summed E-state index contributed by atoms with van der Waals surface area (Å²) < 4.78 is 5.20. The Labute approximate surface area is 123 Å². The van der Waals surface area contributed by atoms with E-state index < -0.39 is 0 Å². The molecule has 106 valence electrons. The number of rotatable bonds is 3. The number of amides is 1. The normalized spacial score (nSPS) is 9.76. The van der Waals surface area contributed by atoms with Gasteiger partial charge in [0.25, 0.3) is 5.91 Å². The first-order chi connectivity index (χ1) is 10.1. The van der Waals surface area contributed by atoms with Crippen LogP contribution in [0.1, 0.15) is 15.9 Å². The maximum absolute atomic E-state index is 12.6. The number of benzene rings is 2. The second-order valence-corrected chi connectivity index (χ2v) is 4.45. The first kappa shape index (κ1) is 14.4. The Morgan fingerprint density at radius 1 is 1.29 bits per heavy atom. The van der Waals surface area contributed by atoms with Crippen LogP contribution in [-0.4, -0.2) is 20.1 Å². The van der Waals surface area contributed by atoms with Crippen LogP contribution < -0.4 is 15.4 Å². The number of anilines is 2. The first-order valence-electron chi connectivity index (χ1n) is 6.29. The van der Waals surface area contributed by atoms with Crippen LogP contribution in [0.5, 0.6) is 5.75 Å². The number of hydrogen-bond acceptors (Lipinski definition) is 4. The Morgan fingerprint density at radius 3 is 2.67 bits per heavy atom. The molecule has 0 fully saturated rings. The molecule has 0 aliphatic carbocycles. The topological polar surface area (TPSA) is 79.3 Å². The molecular formula is C16H15N3O2. The molecule has 0 aliphatic rings. The van der Waals surface area contributed by atoms with Crippen LogP contribution in [0, 0.1) is 11.3 Å². The highest BCUT2D eigenvalue weighted by molar-refractivity contribution is 6.08. The number of nitriles is 1. The summed E-state index contributed by atoms with van der Waals surface area (Å²) in [7, 11) is 3.10. The zero-order chi connectivity index (χ0) is 15.4. The van der Waals surface area contributed by atoms with Crippen LogP contribution in [0.25, 0.3) is 0 Å². The minimum Gasteiger partial charge on any atom is -0.496 e. The van der Waals surface area contributed by atoms with Gasteiger partial charge in [-0.15, -0.1) is 0 Å². The van der Waals surface area contributed by atoms with E-state index in [1.54, 1.807) is 49.5 Å². The Balaban J connectivity index is 2.43. The van der Waals surface area contributed by atoms with Crippen molar-refractivity contribution in [3.8, 4) is 11.8 Å². The van der Waals surface area contributed by atoms with Crippen molar-refractivity contribution in [2.75, 3.05) is 24.8 Å². The third kappa shape index (κ3) is 2.79. The fraction of sp³-hybridized carbons (Fsp3) is 0.125. The maximum Gasteiger partial charge on any atom is 0.261 e. The van der Waals surface area contributed by atoms with Crippen LogP contribution in [-0.2, 0) is 0 Å². The lowest BCUT2D eigenvalue weighted by molar-refractivity contribution is 0.0990. The minimum absolute atomic E-state index is 0.269. The Hall–Kier alpha value is -3.00. The van der Waals surface area contributed by atoms with Gasteiger partial charge in [-0.1, -0.05) is 12.1 Å². The van der Waals surface area contributed by atoms with Gasteiger partial charge in [-0.25, -0.2) is 0 Å². The molecule has 1 amide bonds. The number of carbonyl (C=O) groups excluding carboxylic acids is 1. The van der Waals surface area contributed by atoms with Crippen molar-refractivity contribution in [2.45, 2.75) is 0 Å². The molecule has 5 nitrogen and oxygen atoms in total. The van der Waals surface area contributed by atoms with Crippen molar-refractivity contribution in [3.63, 3.8) is 0 Å². The number of methoxy groups -OCH3 is 1. The maximum atomic E-state index is 12.6. The van der Waals surface area contributed by atoms with E-state index in [9.17, 15) is 4.79 Å². The molecule has 0 spiro atoms. The van der Waals surface area contributed by atoms with Gasteiger partial charge in [0.2, 0.25) is 0 Å². The van der Waals surface area contributed by atoms with Crippen LogP contribution in [0.2, 0.25) is 0 Å². The minimum atomic E-state index is -0.269. The number of nitrogens with zero attached hydrogens (tertiary/aromatic N) is 2. The highest BCUT2D eigenvalue weighted by Crippen LogP contribution is 2.26. The number of nitrogen functional groups attached to an aromatic ring is 1. The molecule has 0 bridgehead atoms. The molecule has 2 aromatic carbocycles. The van der Waals surface area contributed by atoms with Crippen molar-refractivity contribution >= 4 is 17.3 Å². The molecule has 0 atom stereocenters. The molecule has 2 aromatic rings. The summed E-state index contributed by atoms with van der Waals surface area (Å²) in [6, 6.07) is 13.8. The zero-order valence-electron chi connectivity index (χ0n) is 11.8. The number of para-hydroxylation sites is 1. The standard InChI is InChI=1S/C16H15N3O2/c1-19(14-6-4-3-5-11(14)10-17)16(20)13-8-7-12(18)9-15(13)21-2/h3-9H,18H2,1-2H3. The van der Waals surface area contributed by atoms with E-state index in [4.69, 9.17) is 15.7 Å². The van der Waals surface area contributed by atoms with Crippen molar-refractivity contribution in [1.29, 1.82) is 5.26 Å². The van der Waals surface area contributed by atoms with Crippen LogP contribution >= 0.6 is 0 Å². The summed E-state index contributed by atoms with van der Waals surface area (Å²) in [6.07, 6.45) is 0. The Kier molecular flexibility index (Phi) is 4.10. The number of ether oxygens (including phenoxy) is 1. The first-order valence-corrected chi connectivity index (χ1v) is 6.29. The highest BCUT2D eigenvalue weighted by Gasteiger charge is 2.19. The largest absolute Gasteiger partial charge is 0.496 e. The van der Waals surface area contributed by atoms with Gasteiger partial charge in [0, 0.05) is 18.8 Å². The van der Waals surface area contributed by atoms with Crippen molar-refractivity contribution in [1.82, 2.24) is 0 Å². The van der Waals surface area contributed by atoms with Crippen LogP contribution in [0.15, 0.2) is 42.5 Å². The summed E-state index contributed by atoms with van der Waals surface area (Å²) in [5.74, 6) is 0.135. The number of nitrogens with two attached hydrogens (primary N) is 1. The van der Waals surface area contributed by atoms with Gasteiger partial charge in [-0.3, -0.25) is 4.79 Å². The molecular weight excluding hydrogens is 266 g/mol. The third-order valence-corrected chi connectivity index (χ3v) is 3.15. The SMILES string of the molecule is COc1cc(N)ccc1C(=O)N(C)c1ccccc1C#N. The smallest absolute Gasteiger partial charge is 0.261 e. The number of carbonyl (C=O) groups is 1. The second kappa shape index (κ2) is 5.97. The fourth-order valence-corrected chi connectivity index (χ4v) is 2.04. The molecule has 2 rings (SSSR count). The molecule has 0 unspecified atom stereocenters. The molecule has 2 N–H and O–H groups in total. The molecule has 0 radical (unpaired) electrons. The van der Waals surface area contributed by atoms with E-state index in [0.717, 1.165) is 0 Å². The molecule has 0 aliphatic heterocycles. The molecule has 0 aromatic heterocycles. The Morgan fingerprint density at radius 2 is 2.00 bits per heavy atom. The predicted octanol–water partition coefficient (Wildman–Crippen LogP) is 2.43. The molecule has 0 saturated heterocycles. The quantitative estimate of drug-likeness (QED) is 0.876. The molecule has 5 heteroatoms. The van der Waals surface area contributed by atoms with Crippen molar-refractivity contribution in [2.24, 2.45) is 0 Å². The van der Waals surface area contributed by atoms with E-state index in [2.05, 4.69) is 6.07 Å². The van der Waals surface area contributed by atoms with E-state index in [1.807, 2.05) is 0 Å². The lowest BCUT2D eigenvalue weighted by Crippen LogP contribution is -2.27. The molecule has 0 saturated carbocycles. The van der Waals surface area contributed by atoms with Crippen LogP contribution in [0.4, 0.5) is 11.4 Å². The van der Waals surface area contributed by atoms with Crippen molar-refractivity contribution < 1.29 is 9.53 Å². The van der Waals surface area contributed by atoms with Gasteiger partial charge in [-0.2, -0.15) is 5.26 Å². The molecule has 21 heavy (non-hydrogen) atoms. The van der Waals surface area contributed by atoms with Crippen molar-refractivity contribution in [3.05, 3.63) is 53.6 Å². The second-order valence-electron chi connectivity index (χ2n) is 4.45. The van der Waals surface area contributed by atoms with E-state index in [-0.39, 0.29) is 5.91 Å². The summed E-state index contributed by atoms with van der Waals surface area (Å²) in [5, 5.41) is 9.13. The van der Waals surface area contributed by atoms with E-state index >= 15 is 0 Å². The van der Waals surface area contributed by atoms with Gasteiger partial charge >= 0.3 is 0 Å². The number of hydrogen-bond donors (Lipinski definition) is 1. The zero-order valence-corrected chi connectivity index (χ0v) is 11.8. The van der Waals surface area contributed by atoms with Gasteiger partial charge in [0.15, 0.2) is 0 Å². The lowest BCUT2D eigenvalue weighted by Gasteiger charge is -2.20. The van der Waals surface area contributed by atoms with Gasteiger partial charge in [-0.05, 0) is 24.3 Å². The predicted molar refractivity (Wildman–Crippen MR) is 81.3 cm³/mol. The highest BCUT2D eigenvalue weighted by atomic mass is 16.5. The Bertz CT molecular complexity index is 720. The average molecular weight is 281 g/mol. The summed E-state index contributed by atoms with van der Waals surface area (Å²) >= 11 is 0. The monoisotopic (exact) mass is 281 g/mol. The fourth-order valence-electron chi connectivity index (χ4n) is 2.04. The summed E-state index contributed by atoms with van der Waals surface area (Å²) in [5.41, 5.74) is 7.57. The van der Waals surface area contributed by atoms with Gasteiger partial charge < -0.3 is 15.4 Å².